The van der Waals surface area contributed by atoms with Crippen molar-refractivity contribution < 1.29 is 9.53 Å². The van der Waals surface area contributed by atoms with E-state index < -0.39 is 0 Å². The second-order valence-electron chi connectivity index (χ2n) is 3.61. The van der Waals surface area contributed by atoms with Crippen molar-refractivity contribution in [3.8, 4) is 0 Å². The van der Waals surface area contributed by atoms with Crippen LogP contribution >= 0.6 is 27.3 Å². The molecule has 1 N–H and O–H groups in total. The number of ether oxygens (including phenoxy) is 1. The summed E-state index contributed by atoms with van der Waals surface area (Å²) >= 11 is 4.71. The zero-order valence-corrected chi connectivity index (χ0v) is 12.6. The summed E-state index contributed by atoms with van der Waals surface area (Å²) in [5.41, 5.74) is 0.919. The molecule has 2 aromatic rings. The Kier molecular flexibility index (Phi) is 4.86. The Balaban J connectivity index is 1.97. The molecule has 5 nitrogen and oxygen atoms in total. The number of hydrogen-bond donors (Lipinski definition) is 1. The molecule has 1 aromatic carbocycles. The van der Waals surface area contributed by atoms with Gasteiger partial charge in [-0.1, -0.05) is 27.3 Å². The highest BCUT2D eigenvalue weighted by molar-refractivity contribution is 9.10. The van der Waals surface area contributed by atoms with Crippen LogP contribution in [0.1, 0.15) is 11.9 Å². The van der Waals surface area contributed by atoms with Gasteiger partial charge >= 0.3 is 5.97 Å². The molecule has 0 amide bonds. The zero-order valence-electron chi connectivity index (χ0n) is 10.2. The monoisotopic (exact) mass is 341 g/mol. The Morgan fingerprint density at radius 1 is 1.37 bits per heavy atom. The zero-order chi connectivity index (χ0) is 13.7. The first-order chi connectivity index (χ1) is 9.17. The van der Waals surface area contributed by atoms with E-state index in [2.05, 4.69) is 31.4 Å². The van der Waals surface area contributed by atoms with E-state index >= 15 is 0 Å². The molecule has 0 aliphatic rings. The number of nitrogens with one attached hydrogen (secondary N) is 1. The van der Waals surface area contributed by atoms with Crippen LogP contribution in [0.5, 0.6) is 0 Å². The fraction of sp³-hybridized carbons (Fsp3) is 0.250. The number of halogens is 1. The van der Waals surface area contributed by atoms with Gasteiger partial charge in [-0.3, -0.25) is 4.79 Å². The lowest BCUT2D eigenvalue weighted by molar-refractivity contribution is -0.142. The van der Waals surface area contributed by atoms with Crippen LogP contribution in [-0.2, 0) is 16.0 Å². The first-order valence-electron chi connectivity index (χ1n) is 5.68. The molecule has 19 heavy (non-hydrogen) atoms. The molecule has 1 heterocycles. The van der Waals surface area contributed by atoms with E-state index in [0.717, 1.165) is 10.2 Å². The lowest BCUT2D eigenvalue weighted by atomic mass is 10.3. The lowest BCUT2D eigenvalue weighted by Gasteiger charge is -2.00. The molecule has 0 radical (unpaired) electrons. The summed E-state index contributed by atoms with van der Waals surface area (Å²) in [7, 11) is 0. The number of esters is 1. The molecule has 0 unspecified atom stereocenters. The van der Waals surface area contributed by atoms with Gasteiger partial charge in [0.25, 0.3) is 0 Å². The van der Waals surface area contributed by atoms with Crippen LogP contribution in [0, 0.1) is 0 Å². The highest BCUT2D eigenvalue weighted by atomic mass is 79.9. The summed E-state index contributed by atoms with van der Waals surface area (Å²) in [5, 5.41) is 12.4. The van der Waals surface area contributed by atoms with Crippen LogP contribution in [-0.4, -0.2) is 22.8 Å². The standard InChI is InChI=1S/C12H12BrN3O2S/c1-2-18-11(17)7-10-15-16-12(19-10)14-9-5-3-8(13)4-6-9/h3-6H,2,7H2,1H3,(H,14,16). The molecule has 7 heteroatoms. The maximum absolute atomic E-state index is 11.3. The second kappa shape index (κ2) is 6.63. The first-order valence-corrected chi connectivity index (χ1v) is 7.29. The van der Waals surface area contributed by atoms with Crippen LogP contribution in [0.2, 0.25) is 0 Å². The highest BCUT2D eigenvalue weighted by Crippen LogP contribution is 2.22. The Labute approximate surface area is 123 Å². The minimum absolute atomic E-state index is 0.160. The summed E-state index contributed by atoms with van der Waals surface area (Å²) in [6.07, 6.45) is 0.160. The maximum atomic E-state index is 11.3. The smallest absolute Gasteiger partial charge is 0.312 e. The van der Waals surface area contributed by atoms with Crippen LogP contribution in [0.15, 0.2) is 28.7 Å². The average molecular weight is 342 g/mol. The van der Waals surface area contributed by atoms with Crippen LogP contribution in [0.25, 0.3) is 0 Å². The number of carbonyl (C=O) groups excluding carboxylic acids is 1. The van der Waals surface area contributed by atoms with Crippen molar-refractivity contribution in [3.63, 3.8) is 0 Å². The second-order valence-corrected chi connectivity index (χ2v) is 5.59. The summed E-state index contributed by atoms with van der Waals surface area (Å²) < 4.78 is 5.87. The van der Waals surface area contributed by atoms with E-state index in [1.165, 1.54) is 11.3 Å². The van der Waals surface area contributed by atoms with E-state index in [4.69, 9.17) is 4.74 Å². The van der Waals surface area contributed by atoms with Gasteiger partial charge in [0, 0.05) is 10.2 Å². The normalized spacial score (nSPS) is 10.2. The Morgan fingerprint density at radius 2 is 2.11 bits per heavy atom. The minimum Gasteiger partial charge on any atom is -0.466 e. The summed E-state index contributed by atoms with van der Waals surface area (Å²) in [6.45, 7) is 2.15. The van der Waals surface area contributed by atoms with Crippen molar-refractivity contribution in [2.24, 2.45) is 0 Å². The third-order valence-electron chi connectivity index (χ3n) is 2.16. The highest BCUT2D eigenvalue weighted by Gasteiger charge is 2.10. The molecular weight excluding hydrogens is 330 g/mol. The van der Waals surface area contributed by atoms with Crippen molar-refractivity contribution in [1.82, 2.24) is 10.2 Å². The molecule has 100 valence electrons. The van der Waals surface area contributed by atoms with Gasteiger partial charge < -0.3 is 10.1 Å². The summed E-state index contributed by atoms with van der Waals surface area (Å²) in [5.74, 6) is -0.283. The Hall–Kier alpha value is -1.47. The average Bonchev–Trinajstić information content (AvgIpc) is 2.80. The fourth-order valence-electron chi connectivity index (χ4n) is 1.37. The van der Waals surface area contributed by atoms with Gasteiger partial charge in [0.1, 0.15) is 5.01 Å². The van der Waals surface area contributed by atoms with Gasteiger partial charge in [0.05, 0.1) is 13.0 Å². The molecule has 0 saturated carbocycles. The fourth-order valence-corrected chi connectivity index (χ4v) is 2.38. The SMILES string of the molecule is CCOC(=O)Cc1nnc(Nc2ccc(Br)cc2)s1. The topological polar surface area (TPSA) is 64.1 Å². The third kappa shape index (κ3) is 4.29. The first kappa shape index (κ1) is 14.0. The van der Waals surface area contributed by atoms with E-state index in [-0.39, 0.29) is 12.4 Å². The van der Waals surface area contributed by atoms with Crippen molar-refractivity contribution in [2.75, 3.05) is 11.9 Å². The number of carbonyl (C=O) groups is 1. The van der Waals surface area contributed by atoms with Crippen molar-refractivity contribution in [2.45, 2.75) is 13.3 Å². The van der Waals surface area contributed by atoms with Gasteiger partial charge in [-0.25, -0.2) is 0 Å². The molecular formula is C12H12BrN3O2S. The molecule has 1 aromatic heterocycles. The predicted octanol–water partition coefficient (Wildman–Crippen LogP) is 3.15. The molecule has 0 bridgehead atoms. The number of rotatable bonds is 5. The minimum atomic E-state index is -0.283. The molecule has 0 saturated heterocycles. The molecule has 0 aliphatic carbocycles. The molecule has 2 rings (SSSR count). The van der Waals surface area contributed by atoms with Crippen molar-refractivity contribution in [1.29, 1.82) is 0 Å². The number of benzene rings is 1. The van der Waals surface area contributed by atoms with E-state index in [1.807, 2.05) is 24.3 Å². The largest absolute Gasteiger partial charge is 0.466 e. The summed E-state index contributed by atoms with van der Waals surface area (Å²) in [6, 6.07) is 7.72. The quantitative estimate of drug-likeness (QED) is 0.846. The van der Waals surface area contributed by atoms with Gasteiger partial charge in [0.2, 0.25) is 5.13 Å². The van der Waals surface area contributed by atoms with E-state index in [0.29, 0.717) is 16.7 Å². The molecule has 0 atom stereocenters. The molecule has 0 aliphatic heterocycles. The van der Waals surface area contributed by atoms with Gasteiger partial charge in [-0.15, -0.1) is 10.2 Å². The van der Waals surface area contributed by atoms with Gasteiger partial charge in [-0.2, -0.15) is 0 Å². The van der Waals surface area contributed by atoms with Crippen LogP contribution in [0.4, 0.5) is 10.8 Å². The van der Waals surface area contributed by atoms with Gasteiger partial charge in [-0.05, 0) is 31.2 Å². The van der Waals surface area contributed by atoms with Crippen LogP contribution in [0.3, 0.4) is 0 Å². The van der Waals surface area contributed by atoms with E-state index in [1.54, 1.807) is 6.92 Å². The number of hydrogen-bond acceptors (Lipinski definition) is 6. The molecule has 0 spiro atoms. The third-order valence-corrected chi connectivity index (χ3v) is 3.53. The predicted molar refractivity (Wildman–Crippen MR) is 77.7 cm³/mol. The van der Waals surface area contributed by atoms with Crippen molar-refractivity contribution >= 4 is 44.1 Å². The van der Waals surface area contributed by atoms with Crippen molar-refractivity contribution in [3.05, 3.63) is 33.7 Å². The number of nitrogens with zero attached hydrogens (tertiary/aromatic N) is 2. The number of aromatic nitrogens is 2. The summed E-state index contributed by atoms with van der Waals surface area (Å²) in [4.78, 5) is 11.3. The lowest BCUT2D eigenvalue weighted by Crippen LogP contribution is -2.07. The maximum Gasteiger partial charge on any atom is 0.312 e. The molecule has 0 fully saturated rings. The van der Waals surface area contributed by atoms with E-state index in [9.17, 15) is 4.79 Å². The van der Waals surface area contributed by atoms with Gasteiger partial charge in [0.15, 0.2) is 0 Å². The number of anilines is 2. The Morgan fingerprint density at radius 3 is 2.79 bits per heavy atom. The Bertz CT molecular complexity index is 556. The van der Waals surface area contributed by atoms with Crippen LogP contribution < -0.4 is 5.32 Å².